The van der Waals surface area contributed by atoms with Gasteiger partial charge in [-0.1, -0.05) is 29.8 Å². The highest BCUT2D eigenvalue weighted by Crippen LogP contribution is 2.43. The van der Waals surface area contributed by atoms with Crippen LogP contribution in [-0.4, -0.2) is 42.7 Å². The number of piperidine rings is 1. The van der Waals surface area contributed by atoms with E-state index in [4.69, 9.17) is 9.47 Å². The van der Waals surface area contributed by atoms with Crippen molar-refractivity contribution in [2.24, 2.45) is 5.92 Å². The average molecular weight is 476 g/mol. The van der Waals surface area contributed by atoms with Crippen LogP contribution >= 0.6 is 12.4 Å². The van der Waals surface area contributed by atoms with E-state index in [2.05, 4.69) is 36.1 Å². The number of benzene rings is 2. The number of alkyl halides is 1. The number of nitrogens with zero attached hydrogens (tertiary/aromatic N) is 1. The Labute approximate surface area is 202 Å². The van der Waals surface area contributed by atoms with Crippen LogP contribution in [0.2, 0.25) is 0 Å². The number of Topliss-reactive ketones (excluding diaryl/α,β-unsaturated/α-hetero) is 1. The van der Waals surface area contributed by atoms with E-state index >= 15 is 4.39 Å². The number of carbonyl (C=O) groups excluding carboxylic acids is 1. The van der Waals surface area contributed by atoms with Crippen molar-refractivity contribution in [1.82, 2.24) is 4.90 Å². The summed E-state index contributed by atoms with van der Waals surface area (Å²) in [5.74, 6) is 0.952. The first-order valence-electron chi connectivity index (χ1n) is 11.9. The van der Waals surface area contributed by atoms with E-state index in [0.29, 0.717) is 36.7 Å². The van der Waals surface area contributed by atoms with Crippen LogP contribution in [0.1, 0.15) is 60.2 Å². The summed E-state index contributed by atoms with van der Waals surface area (Å²) in [6.07, 6.45) is 2.29. The zero-order valence-electron chi connectivity index (χ0n) is 19.9. The minimum absolute atomic E-state index is 0. The van der Waals surface area contributed by atoms with Gasteiger partial charge < -0.3 is 9.47 Å². The van der Waals surface area contributed by atoms with Gasteiger partial charge in [0.15, 0.2) is 17.2 Å². The molecule has 0 saturated carbocycles. The molecule has 1 fully saturated rings. The van der Waals surface area contributed by atoms with Crippen molar-refractivity contribution in [3.05, 3.63) is 58.7 Å². The number of carbonyl (C=O) groups is 1. The van der Waals surface area contributed by atoms with Gasteiger partial charge in [-0.05, 0) is 82.3 Å². The highest BCUT2D eigenvalue weighted by molar-refractivity contribution is 6.07. The maximum absolute atomic E-state index is 16.0. The van der Waals surface area contributed by atoms with Crippen LogP contribution in [0.4, 0.5) is 4.39 Å². The van der Waals surface area contributed by atoms with Gasteiger partial charge in [0.1, 0.15) is 0 Å². The molecule has 180 valence electrons. The predicted molar refractivity (Wildman–Crippen MR) is 132 cm³/mol. The number of fused-ring (bicyclic) bond motifs is 1. The number of ketones is 1. The van der Waals surface area contributed by atoms with Crippen LogP contribution < -0.4 is 9.47 Å². The maximum atomic E-state index is 16.0. The Hall–Kier alpha value is -2.11. The third-order valence-corrected chi connectivity index (χ3v) is 6.70. The minimum Gasteiger partial charge on any atom is -0.490 e. The summed E-state index contributed by atoms with van der Waals surface area (Å²) in [4.78, 5) is 15.5. The van der Waals surface area contributed by atoms with Crippen LogP contribution in [-0.2, 0) is 13.0 Å². The monoisotopic (exact) mass is 475 g/mol. The fraction of sp³-hybridized carbons (Fsp3) is 0.519. The first-order valence-corrected chi connectivity index (χ1v) is 11.9. The molecular formula is C27H35ClFNO3. The molecule has 1 heterocycles. The fourth-order valence-electron chi connectivity index (χ4n) is 5.16. The van der Waals surface area contributed by atoms with E-state index < -0.39 is 11.5 Å². The summed E-state index contributed by atoms with van der Waals surface area (Å²) in [7, 11) is 0. The standard InChI is InChI=1S/C27H34FNO3.ClH/c1-4-31-24-14-22-17-27(28,26(30)23(22)15-25(24)32-5-2)16-20-9-11-29(12-10-20)18-21-8-6-7-19(3)13-21;/h6-8,13-15,20H,4-5,9-12,16-18H2,1-3H3;1H. The fourth-order valence-corrected chi connectivity index (χ4v) is 5.16. The highest BCUT2D eigenvalue weighted by atomic mass is 35.5. The normalized spacial score (nSPS) is 20.9. The molecule has 2 aromatic rings. The van der Waals surface area contributed by atoms with Gasteiger partial charge >= 0.3 is 0 Å². The van der Waals surface area contributed by atoms with E-state index in [1.165, 1.54) is 11.1 Å². The summed E-state index contributed by atoms with van der Waals surface area (Å²) in [5, 5.41) is 0. The van der Waals surface area contributed by atoms with Crippen molar-refractivity contribution in [3.63, 3.8) is 0 Å². The van der Waals surface area contributed by atoms with Gasteiger partial charge in [-0.25, -0.2) is 4.39 Å². The summed E-state index contributed by atoms with van der Waals surface area (Å²) in [6.45, 7) is 9.68. The van der Waals surface area contributed by atoms with Crippen LogP contribution in [0.15, 0.2) is 36.4 Å². The van der Waals surface area contributed by atoms with Crippen LogP contribution in [0.3, 0.4) is 0 Å². The molecule has 2 aromatic carbocycles. The van der Waals surface area contributed by atoms with E-state index in [1.807, 2.05) is 13.8 Å². The molecule has 4 nitrogen and oxygen atoms in total. The molecule has 1 saturated heterocycles. The van der Waals surface area contributed by atoms with E-state index in [9.17, 15) is 4.79 Å². The van der Waals surface area contributed by atoms with Crippen LogP contribution in [0, 0.1) is 12.8 Å². The lowest BCUT2D eigenvalue weighted by atomic mass is 9.83. The first kappa shape index (κ1) is 25.5. The first-order chi connectivity index (χ1) is 15.4. The van der Waals surface area contributed by atoms with Crippen molar-refractivity contribution < 1.29 is 18.7 Å². The number of aryl methyl sites for hydroxylation is 1. The van der Waals surface area contributed by atoms with Crippen molar-refractivity contribution in [2.45, 2.75) is 58.7 Å². The Morgan fingerprint density at radius 2 is 1.73 bits per heavy atom. The van der Waals surface area contributed by atoms with Gasteiger partial charge in [-0.3, -0.25) is 9.69 Å². The second-order valence-corrected chi connectivity index (χ2v) is 9.21. The number of rotatable bonds is 8. The third kappa shape index (κ3) is 5.70. The van der Waals surface area contributed by atoms with Crippen molar-refractivity contribution in [1.29, 1.82) is 0 Å². The zero-order valence-corrected chi connectivity index (χ0v) is 20.7. The molecule has 2 aliphatic rings. The molecular weight excluding hydrogens is 441 g/mol. The summed E-state index contributed by atoms with van der Waals surface area (Å²) < 4.78 is 27.3. The quantitative estimate of drug-likeness (QED) is 0.472. The van der Waals surface area contributed by atoms with Gasteiger partial charge in [0, 0.05) is 18.5 Å². The Kier molecular flexibility index (Phi) is 8.41. The number of hydrogen-bond acceptors (Lipinski definition) is 4. The molecule has 6 heteroatoms. The van der Waals surface area contributed by atoms with Crippen LogP contribution in [0.5, 0.6) is 11.5 Å². The Balaban J connectivity index is 0.00000306. The highest BCUT2D eigenvalue weighted by Gasteiger charge is 2.48. The summed E-state index contributed by atoms with van der Waals surface area (Å²) in [6, 6.07) is 12.1. The predicted octanol–water partition coefficient (Wildman–Crippen LogP) is 5.96. The molecule has 0 aromatic heterocycles. The van der Waals surface area contributed by atoms with Gasteiger partial charge in [0.2, 0.25) is 5.78 Å². The van der Waals surface area contributed by atoms with Crippen molar-refractivity contribution in [3.8, 4) is 11.5 Å². The Morgan fingerprint density at radius 3 is 2.36 bits per heavy atom. The van der Waals surface area contributed by atoms with Crippen molar-refractivity contribution in [2.75, 3.05) is 26.3 Å². The molecule has 0 N–H and O–H groups in total. The Morgan fingerprint density at radius 1 is 1.06 bits per heavy atom. The third-order valence-electron chi connectivity index (χ3n) is 6.70. The molecule has 1 atom stereocenters. The molecule has 4 rings (SSSR count). The molecule has 33 heavy (non-hydrogen) atoms. The lowest BCUT2D eigenvalue weighted by Crippen LogP contribution is -2.38. The van der Waals surface area contributed by atoms with Crippen LogP contribution in [0.25, 0.3) is 0 Å². The second-order valence-electron chi connectivity index (χ2n) is 9.21. The van der Waals surface area contributed by atoms with E-state index in [-0.39, 0.29) is 24.7 Å². The van der Waals surface area contributed by atoms with Gasteiger partial charge in [0.25, 0.3) is 0 Å². The van der Waals surface area contributed by atoms with Gasteiger partial charge in [-0.15, -0.1) is 12.4 Å². The van der Waals surface area contributed by atoms with Crippen molar-refractivity contribution >= 4 is 18.2 Å². The van der Waals surface area contributed by atoms with Gasteiger partial charge in [-0.2, -0.15) is 0 Å². The number of ether oxygens (including phenoxy) is 2. The minimum atomic E-state index is -1.82. The maximum Gasteiger partial charge on any atom is 0.200 e. The number of halogens is 2. The van der Waals surface area contributed by atoms with Gasteiger partial charge in [0.05, 0.1) is 13.2 Å². The average Bonchev–Trinajstić information content (AvgIpc) is 3.00. The number of likely N-dealkylation sites (tertiary alicyclic amines) is 1. The lowest BCUT2D eigenvalue weighted by molar-refractivity contribution is 0.0587. The molecule has 0 radical (unpaired) electrons. The largest absolute Gasteiger partial charge is 0.490 e. The molecule has 0 spiro atoms. The summed E-state index contributed by atoms with van der Waals surface area (Å²) in [5.41, 5.74) is 1.97. The summed E-state index contributed by atoms with van der Waals surface area (Å²) >= 11 is 0. The molecule has 0 bridgehead atoms. The molecule has 0 amide bonds. The number of hydrogen-bond donors (Lipinski definition) is 0. The molecule has 1 unspecified atom stereocenters. The van der Waals surface area contributed by atoms with E-state index in [0.717, 1.165) is 38.0 Å². The second kappa shape index (κ2) is 10.9. The van der Waals surface area contributed by atoms with E-state index in [1.54, 1.807) is 12.1 Å². The zero-order chi connectivity index (χ0) is 22.7. The Bertz CT molecular complexity index is 974. The lowest BCUT2D eigenvalue weighted by Gasteiger charge is -2.34. The topological polar surface area (TPSA) is 38.8 Å². The SMILES string of the molecule is CCOc1cc2c(cc1OCC)C(=O)C(F)(CC1CCN(Cc3cccc(C)c3)CC1)C2.Cl. The smallest absolute Gasteiger partial charge is 0.200 e. The molecule has 1 aliphatic carbocycles. The molecule has 1 aliphatic heterocycles.